The molecular weight excluding hydrogens is 258 g/mol. The zero-order valence-corrected chi connectivity index (χ0v) is 12.8. The van der Waals surface area contributed by atoms with Gasteiger partial charge in [-0.05, 0) is 44.6 Å². The Balaban J connectivity index is 2.05. The summed E-state index contributed by atoms with van der Waals surface area (Å²) in [6.45, 7) is 5.28. The van der Waals surface area contributed by atoms with Crippen LogP contribution in [0.5, 0.6) is 0 Å². The van der Waals surface area contributed by atoms with Gasteiger partial charge in [-0.15, -0.1) is 0 Å². The Bertz CT molecular complexity index is 435. The van der Waals surface area contributed by atoms with E-state index in [9.17, 15) is 0 Å². The number of hydrogen-bond acceptors (Lipinski definition) is 3. The molecule has 2 N–H and O–H groups in total. The van der Waals surface area contributed by atoms with Gasteiger partial charge in [0.1, 0.15) is 0 Å². The summed E-state index contributed by atoms with van der Waals surface area (Å²) in [6.07, 6.45) is 0.835. The molecule has 0 aliphatic carbocycles. The lowest BCUT2D eigenvalue weighted by Gasteiger charge is -2.40. The van der Waals surface area contributed by atoms with Crippen molar-refractivity contribution < 1.29 is 0 Å². The summed E-state index contributed by atoms with van der Waals surface area (Å²) >= 11 is 6.30. The quantitative estimate of drug-likeness (QED) is 0.916. The van der Waals surface area contributed by atoms with Crippen LogP contribution >= 0.6 is 11.6 Å². The van der Waals surface area contributed by atoms with Crippen LogP contribution in [0.15, 0.2) is 18.2 Å². The van der Waals surface area contributed by atoms with E-state index < -0.39 is 0 Å². The van der Waals surface area contributed by atoms with Gasteiger partial charge in [0.2, 0.25) is 0 Å². The van der Waals surface area contributed by atoms with Crippen LogP contribution in [0.4, 0.5) is 0 Å². The molecule has 1 aromatic rings. The standard InChI is InChI=1S/C15H24ClN3/c1-11-4-5-12(13(16)8-11)9-14(17)15-10-18(2)6-7-19(15)3/h4-5,8,14-15H,6-7,9-10,17H2,1-3H3. The van der Waals surface area contributed by atoms with Gasteiger partial charge in [0.05, 0.1) is 0 Å². The highest BCUT2D eigenvalue weighted by molar-refractivity contribution is 6.31. The van der Waals surface area contributed by atoms with Crippen molar-refractivity contribution in [1.82, 2.24) is 9.80 Å². The van der Waals surface area contributed by atoms with E-state index in [0.29, 0.717) is 6.04 Å². The van der Waals surface area contributed by atoms with Gasteiger partial charge in [0.25, 0.3) is 0 Å². The molecule has 0 saturated carbocycles. The van der Waals surface area contributed by atoms with Crippen molar-refractivity contribution in [3.05, 3.63) is 34.3 Å². The van der Waals surface area contributed by atoms with Gasteiger partial charge in [0.15, 0.2) is 0 Å². The highest BCUT2D eigenvalue weighted by Gasteiger charge is 2.27. The average Bonchev–Trinajstić information content (AvgIpc) is 2.35. The molecular formula is C15H24ClN3. The van der Waals surface area contributed by atoms with Crippen molar-refractivity contribution in [3.63, 3.8) is 0 Å². The number of rotatable bonds is 3. The number of nitrogens with zero attached hydrogens (tertiary/aromatic N) is 2. The Labute approximate surface area is 121 Å². The van der Waals surface area contributed by atoms with E-state index in [1.54, 1.807) is 0 Å². The van der Waals surface area contributed by atoms with E-state index >= 15 is 0 Å². The highest BCUT2D eigenvalue weighted by Crippen LogP contribution is 2.21. The molecule has 0 radical (unpaired) electrons. The van der Waals surface area contributed by atoms with Crippen LogP contribution in [0, 0.1) is 6.92 Å². The van der Waals surface area contributed by atoms with E-state index in [1.807, 2.05) is 6.07 Å². The highest BCUT2D eigenvalue weighted by atomic mass is 35.5. The Morgan fingerprint density at radius 2 is 2.11 bits per heavy atom. The van der Waals surface area contributed by atoms with E-state index in [4.69, 9.17) is 17.3 Å². The molecule has 1 saturated heterocycles. The number of likely N-dealkylation sites (N-methyl/N-ethyl adjacent to an activating group) is 2. The van der Waals surface area contributed by atoms with Crippen molar-refractivity contribution >= 4 is 11.6 Å². The summed E-state index contributed by atoms with van der Waals surface area (Å²) < 4.78 is 0. The molecule has 106 valence electrons. The van der Waals surface area contributed by atoms with Crippen LogP contribution in [0.1, 0.15) is 11.1 Å². The largest absolute Gasteiger partial charge is 0.326 e. The van der Waals surface area contributed by atoms with Crippen LogP contribution in [0.3, 0.4) is 0 Å². The molecule has 1 aliphatic rings. The van der Waals surface area contributed by atoms with Crippen LogP contribution in [-0.2, 0) is 6.42 Å². The first-order valence-electron chi connectivity index (χ1n) is 6.87. The summed E-state index contributed by atoms with van der Waals surface area (Å²) in [5, 5.41) is 0.835. The van der Waals surface area contributed by atoms with Gasteiger partial charge in [-0.25, -0.2) is 0 Å². The van der Waals surface area contributed by atoms with Gasteiger partial charge in [-0.2, -0.15) is 0 Å². The second-order valence-corrected chi connectivity index (χ2v) is 6.18. The third-order valence-corrected chi connectivity index (χ3v) is 4.41. The first kappa shape index (κ1) is 14.8. The molecule has 2 rings (SSSR count). The number of nitrogens with two attached hydrogens (primary N) is 1. The third-order valence-electron chi connectivity index (χ3n) is 4.06. The molecule has 1 fully saturated rings. The molecule has 19 heavy (non-hydrogen) atoms. The predicted octanol–water partition coefficient (Wildman–Crippen LogP) is 1.76. The van der Waals surface area contributed by atoms with Gasteiger partial charge in [-0.3, -0.25) is 4.90 Å². The zero-order valence-electron chi connectivity index (χ0n) is 12.1. The maximum absolute atomic E-state index is 6.41. The summed E-state index contributed by atoms with van der Waals surface area (Å²) in [6, 6.07) is 6.73. The van der Waals surface area contributed by atoms with E-state index in [2.05, 4.69) is 43.0 Å². The van der Waals surface area contributed by atoms with Gasteiger partial charge >= 0.3 is 0 Å². The van der Waals surface area contributed by atoms with Crippen molar-refractivity contribution in [3.8, 4) is 0 Å². The first-order chi connectivity index (χ1) is 8.97. The number of hydrogen-bond donors (Lipinski definition) is 1. The minimum Gasteiger partial charge on any atom is -0.326 e. The molecule has 4 heteroatoms. The fourth-order valence-corrected chi connectivity index (χ4v) is 3.03. The van der Waals surface area contributed by atoms with Crippen molar-refractivity contribution in [2.75, 3.05) is 33.7 Å². The van der Waals surface area contributed by atoms with E-state index in [0.717, 1.165) is 36.6 Å². The molecule has 1 aliphatic heterocycles. The molecule has 2 unspecified atom stereocenters. The smallest absolute Gasteiger partial charge is 0.0441 e. The first-order valence-corrected chi connectivity index (χ1v) is 7.24. The van der Waals surface area contributed by atoms with Crippen LogP contribution < -0.4 is 5.73 Å². The Kier molecular flexibility index (Phi) is 4.85. The molecule has 0 bridgehead atoms. The van der Waals surface area contributed by atoms with Crippen molar-refractivity contribution in [2.45, 2.75) is 25.4 Å². The van der Waals surface area contributed by atoms with E-state index in [1.165, 1.54) is 5.56 Å². The molecule has 2 atom stereocenters. The van der Waals surface area contributed by atoms with Crippen LogP contribution in [-0.4, -0.2) is 55.6 Å². The second-order valence-electron chi connectivity index (χ2n) is 5.77. The average molecular weight is 282 g/mol. The summed E-state index contributed by atoms with van der Waals surface area (Å²) in [7, 11) is 4.32. The fourth-order valence-electron chi connectivity index (χ4n) is 2.71. The maximum atomic E-state index is 6.41. The Hall–Kier alpha value is -0.610. The van der Waals surface area contributed by atoms with E-state index in [-0.39, 0.29) is 6.04 Å². The lowest BCUT2D eigenvalue weighted by molar-refractivity contribution is 0.0973. The maximum Gasteiger partial charge on any atom is 0.0441 e. The SMILES string of the molecule is Cc1ccc(CC(N)C2CN(C)CCN2C)c(Cl)c1. The Morgan fingerprint density at radius 3 is 2.79 bits per heavy atom. The fraction of sp³-hybridized carbons (Fsp3) is 0.600. The molecule has 1 aromatic carbocycles. The van der Waals surface area contributed by atoms with Crippen molar-refractivity contribution in [2.24, 2.45) is 5.73 Å². The normalized spacial score (nSPS) is 23.5. The molecule has 3 nitrogen and oxygen atoms in total. The van der Waals surface area contributed by atoms with Gasteiger partial charge in [-0.1, -0.05) is 23.7 Å². The molecule has 0 aromatic heterocycles. The zero-order chi connectivity index (χ0) is 14.0. The van der Waals surface area contributed by atoms with Crippen LogP contribution in [0.2, 0.25) is 5.02 Å². The number of benzene rings is 1. The molecule has 1 heterocycles. The summed E-state index contributed by atoms with van der Waals surface area (Å²) in [5.74, 6) is 0. The molecule has 0 amide bonds. The number of piperazine rings is 1. The van der Waals surface area contributed by atoms with Gasteiger partial charge in [0, 0.05) is 36.7 Å². The topological polar surface area (TPSA) is 32.5 Å². The number of halogens is 1. The molecule has 0 spiro atoms. The van der Waals surface area contributed by atoms with Crippen molar-refractivity contribution in [1.29, 1.82) is 0 Å². The van der Waals surface area contributed by atoms with Crippen LogP contribution in [0.25, 0.3) is 0 Å². The number of aryl methyl sites for hydroxylation is 1. The third kappa shape index (κ3) is 3.69. The lowest BCUT2D eigenvalue weighted by atomic mass is 9.97. The Morgan fingerprint density at radius 1 is 1.37 bits per heavy atom. The summed E-state index contributed by atoms with van der Waals surface area (Å²) in [5.41, 5.74) is 8.76. The minimum absolute atomic E-state index is 0.118. The summed E-state index contributed by atoms with van der Waals surface area (Å²) in [4.78, 5) is 4.72. The monoisotopic (exact) mass is 281 g/mol. The lowest BCUT2D eigenvalue weighted by Crippen LogP contribution is -2.58. The van der Waals surface area contributed by atoms with Gasteiger partial charge < -0.3 is 10.6 Å². The minimum atomic E-state index is 0.118. The second kappa shape index (κ2) is 6.23. The predicted molar refractivity (Wildman–Crippen MR) is 81.8 cm³/mol.